The van der Waals surface area contributed by atoms with Crippen LogP contribution in [0.15, 0.2) is 0 Å². The first kappa shape index (κ1) is 8.38. The van der Waals surface area contributed by atoms with Gasteiger partial charge in [0.05, 0.1) is 0 Å². The first-order valence-corrected chi connectivity index (χ1v) is 2.40. The second-order valence-corrected chi connectivity index (χ2v) is 1.98. The Morgan fingerprint density at radius 1 is 2.00 bits per heavy atom. The Bertz CT molecular complexity index is 116. The van der Waals surface area contributed by atoms with Crippen molar-refractivity contribution in [1.29, 1.82) is 0 Å². The van der Waals surface area contributed by atoms with Gasteiger partial charge in [0.2, 0.25) is 0 Å². The lowest BCUT2D eigenvalue weighted by molar-refractivity contribution is -0.330. The molecular formula is C3H8BN2O3. The van der Waals surface area contributed by atoms with Gasteiger partial charge in [-0.1, -0.05) is 4.83 Å². The molecule has 6 heteroatoms. The molecule has 1 radical (unpaired) electrons. The molecule has 0 saturated heterocycles. The summed E-state index contributed by atoms with van der Waals surface area (Å²) in [6.45, 7) is 1.13. The standard InChI is InChI=1S/C3H8BN2O3/c1-3(7,2-5)4-6(8)9/h7H,2,5H2,1H3. The molecule has 1 atom stereocenters. The molecule has 0 saturated carbocycles. The molecule has 0 spiro atoms. The zero-order chi connectivity index (χ0) is 7.49. The van der Waals surface area contributed by atoms with Gasteiger partial charge in [-0.05, 0) is 6.92 Å². The van der Waals surface area contributed by atoms with Crippen molar-refractivity contribution in [2.24, 2.45) is 5.73 Å². The Balaban J connectivity index is 3.71. The normalized spacial score (nSPS) is 16.3. The van der Waals surface area contributed by atoms with Crippen LogP contribution >= 0.6 is 0 Å². The van der Waals surface area contributed by atoms with Crippen molar-refractivity contribution in [2.75, 3.05) is 6.54 Å². The summed E-state index contributed by atoms with van der Waals surface area (Å²) in [6, 6.07) is 0. The van der Waals surface area contributed by atoms with Crippen LogP contribution in [0.1, 0.15) is 6.92 Å². The maximum absolute atomic E-state index is 9.71. The van der Waals surface area contributed by atoms with Crippen molar-refractivity contribution >= 4 is 7.41 Å². The Morgan fingerprint density at radius 2 is 2.44 bits per heavy atom. The van der Waals surface area contributed by atoms with Crippen LogP contribution in [0.2, 0.25) is 0 Å². The molecule has 0 aromatic rings. The van der Waals surface area contributed by atoms with Crippen molar-refractivity contribution in [3.05, 3.63) is 10.1 Å². The van der Waals surface area contributed by atoms with E-state index >= 15 is 0 Å². The lowest BCUT2D eigenvalue weighted by atomic mass is 9.73. The average molecular weight is 131 g/mol. The van der Waals surface area contributed by atoms with Crippen LogP contribution in [0.3, 0.4) is 0 Å². The first-order chi connectivity index (χ1) is 3.98. The maximum Gasteiger partial charge on any atom is 0.637 e. The number of nitrogens with two attached hydrogens (primary N) is 1. The Labute approximate surface area is 53.3 Å². The van der Waals surface area contributed by atoms with E-state index in [0.29, 0.717) is 7.41 Å². The molecule has 0 rings (SSSR count). The zero-order valence-corrected chi connectivity index (χ0v) is 5.07. The van der Waals surface area contributed by atoms with Crippen LogP contribution in [-0.4, -0.2) is 29.4 Å². The topological polar surface area (TPSA) is 89.4 Å². The van der Waals surface area contributed by atoms with Gasteiger partial charge in [0.1, 0.15) is 5.50 Å². The molecule has 0 heterocycles. The van der Waals surface area contributed by atoms with Gasteiger partial charge in [-0.3, -0.25) is 10.1 Å². The fraction of sp³-hybridized carbons (Fsp3) is 1.00. The molecule has 1 unspecified atom stereocenters. The second kappa shape index (κ2) is 2.79. The quantitative estimate of drug-likeness (QED) is 0.278. The largest absolute Gasteiger partial charge is 0.637 e. The molecule has 0 aliphatic heterocycles. The van der Waals surface area contributed by atoms with E-state index < -0.39 is 10.3 Å². The van der Waals surface area contributed by atoms with Crippen LogP contribution in [0.5, 0.6) is 0 Å². The lowest BCUT2D eigenvalue weighted by Gasteiger charge is -2.10. The summed E-state index contributed by atoms with van der Waals surface area (Å²) in [5.41, 5.74) is 3.49. The van der Waals surface area contributed by atoms with Gasteiger partial charge in [0.15, 0.2) is 0 Å². The van der Waals surface area contributed by atoms with Crippen molar-refractivity contribution in [1.82, 2.24) is 0 Å². The van der Waals surface area contributed by atoms with E-state index in [1.165, 1.54) is 6.92 Å². The van der Waals surface area contributed by atoms with Crippen LogP contribution < -0.4 is 5.73 Å². The summed E-state index contributed by atoms with van der Waals surface area (Å²) in [7, 11) is 0.562. The summed E-state index contributed by atoms with van der Waals surface area (Å²) in [4.78, 5) is 8.99. The number of aliphatic hydroxyl groups is 1. The van der Waals surface area contributed by atoms with Gasteiger partial charge < -0.3 is 10.8 Å². The van der Waals surface area contributed by atoms with Crippen LogP contribution in [0.25, 0.3) is 0 Å². The summed E-state index contributed by atoms with van der Waals surface area (Å²) in [5, 5.41) is 18.6. The molecule has 0 aromatic carbocycles. The highest BCUT2D eigenvalue weighted by atomic mass is 16.6. The van der Waals surface area contributed by atoms with Crippen LogP contribution in [0.4, 0.5) is 0 Å². The highest BCUT2D eigenvalue weighted by Crippen LogP contribution is 1.95. The van der Waals surface area contributed by atoms with E-state index in [9.17, 15) is 10.1 Å². The number of nitro groups is 1. The number of nitrogens with zero attached hydrogens (tertiary/aromatic N) is 1. The molecule has 51 valence electrons. The monoisotopic (exact) mass is 131 g/mol. The van der Waals surface area contributed by atoms with E-state index in [1.54, 1.807) is 0 Å². The van der Waals surface area contributed by atoms with Crippen LogP contribution in [0, 0.1) is 10.1 Å². The van der Waals surface area contributed by atoms with Gasteiger partial charge in [-0.2, -0.15) is 0 Å². The lowest BCUT2D eigenvalue weighted by Crippen LogP contribution is -2.43. The molecular weight excluding hydrogens is 123 g/mol. The molecule has 9 heavy (non-hydrogen) atoms. The fourth-order valence-electron chi connectivity index (χ4n) is 0.280. The van der Waals surface area contributed by atoms with Gasteiger partial charge in [0.25, 0.3) is 0 Å². The highest BCUT2D eigenvalue weighted by molar-refractivity contribution is 6.29. The summed E-state index contributed by atoms with van der Waals surface area (Å²) < 4.78 is 0. The molecule has 0 bridgehead atoms. The Hall–Kier alpha value is -0.615. The third-order valence-corrected chi connectivity index (χ3v) is 0.797. The third kappa shape index (κ3) is 3.93. The van der Waals surface area contributed by atoms with Gasteiger partial charge >= 0.3 is 7.41 Å². The van der Waals surface area contributed by atoms with Crippen molar-refractivity contribution in [3.8, 4) is 0 Å². The van der Waals surface area contributed by atoms with Crippen LogP contribution in [-0.2, 0) is 0 Å². The van der Waals surface area contributed by atoms with Gasteiger partial charge in [-0.15, -0.1) is 0 Å². The van der Waals surface area contributed by atoms with Crippen molar-refractivity contribution < 1.29 is 9.94 Å². The molecule has 0 fully saturated rings. The predicted molar refractivity (Wildman–Crippen MR) is 32.4 cm³/mol. The number of hydrogen-bond donors (Lipinski definition) is 2. The second-order valence-electron chi connectivity index (χ2n) is 1.98. The fourth-order valence-corrected chi connectivity index (χ4v) is 0.280. The Kier molecular flexibility index (Phi) is 2.60. The van der Waals surface area contributed by atoms with Gasteiger partial charge in [0, 0.05) is 6.54 Å². The summed E-state index contributed by atoms with van der Waals surface area (Å²) >= 11 is 0. The highest BCUT2D eigenvalue weighted by Gasteiger charge is 2.33. The average Bonchev–Trinajstić information content (AvgIpc) is 1.63. The van der Waals surface area contributed by atoms with E-state index in [4.69, 9.17) is 10.8 Å². The number of rotatable bonds is 3. The minimum Gasteiger partial charge on any atom is -0.390 e. The molecule has 5 nitrogen and oxygen atoms in total. The molecule has 0 aromatic heterocycles. The molecule has 0 aliphatic rings. The summed E-state index contributed by atoms with van der Waals surface area (Å²) in [6.07, 6.45) is 0. The van der Waals surface area contributed by atoms with E-state index in [2.05, 4.69) is 0 Å². The zero-order valence-electron chi connectivity index (χ0n) is 5.07. The number of hydrogen-bond acceptors (Lipinski definition) is 4. The Morgan fingerprint density at radius 3 is 2.56 bits per heavy atom. The smallest absolute Gasteiger partial charge is 0.390 e. The summed E-state index contributed by atoms with van der Waals surface area (Å²) in [5.74, 6) is 0. The van der Waals surface area contributed by atoms with E-state index in [1.807, 2.05) is 0 Å². The SMILES string of the molecule is CC(O)([B][N+](=O)[O-])CN. The molecule has 3 N–H and O–H groups in total. The third-order valence-electron chi connectivity index (χ3n) is 0.797. The van der Waals surface area contributed by atoms with Crippen molar-refractivity contribution in [2.45, 2.75) is 12.4 Å². The minimum atomic E-state index is -1.48. The van der Waals surface area contributed by atoms with E-state index in [-0.39, 0.29) is 6.54 Å². The van der Waals surface area contributed by atoms with E-state index in [0.717, 1.165) is 0 Å². The maximum atomic E-state index is 9.71. The van der Waals surface area contributed by atoms with Crippen molar-refractivity contribution in [3.63, 3.8) is 0 Å². The molecule has 0 aliphatic carbocycles. The predicted octanol–water partition coefficient (Wildman–Crippen LogP) is -1.45. The minimum absolute atomic E-state index is 0.145. The van der Waals surface area contributed by atoms with Gasteiger partial charge in [-0.25, -0.2) is 0 Å². The molecule has 0 amide bonds. The first-order valence-electron chi connectivity index (χ1n) is 2.40.